The van der Waals surface area contributed by atoms with Crippen LogP contribution in [0.2, 0.25) is 0 Å². The summed E-state index contributed by atoms with van der Waals surface area (Å²) < 4.78 is 5.61. The molecule has 0 bridgehead atoms. The van der Waals surface area contributed by atoms with Gasteiger partial charge >= 0.3 is 12.1 Å². The number of hydrogen-bond acceptors (Lipinski definition) is 4. The van der Waals surface area contributed by atoms with Crippen molar-refractivity contribution in [3.8, 4) is 11.1 Å². The molecule has 174 valence electrons. The monoisotopic (exact) mass is 450 g/mol. The van der Waals surface area contributed by atoms with Crippen LogP contribution in [0.4, 0.5) is 4.79 Å². The minimum atomic E-state index is -0.926. The molecule has 0 aliphatic heterocycles. The van der Waals surface area contributed by atoms with Gasteiger partial charge in [0.1, 0.15) is 6.61 Å². The van der Waals surface area contributed by atoms with Crippen LogP contribution in [0.5, 0.6) is 0 Å². The van der Waals surface area contributed by atoms with Gasteiger partial charge in [0.25, 0.3) is 0 Å². The van der Waals surface area contributed by atoms with Crippen LogP contribution in [0.15, 0.2) is 48.5 Å². The highest BCUT2D eigenvalue weighted by molar-refractivity contribution is 5.81. The highest BCUT2D eigenvalue weighted by Crippen LogP contribution is 2.44. The van der Waals surface area contributed by atoms with E-state index in [1.807, 2.05) is 38.1 Å². The topological polar surface area (TPSA) is 105 Å². The van der Waals surface area contributed by atoms with E-state index < -0.39 is 23.6 Å². The zero-order valence-corrected chi connectivity index (χ0v) is 19.0. The molecule has 3 N–H and O–H groups in total. The Labute approximate surface area is 193 Å². The molecular weight excluding hydrogens is 420 g/mol. The molecule has 0 spiro atoms. The molecule has 2 aromatic rings. The smallest absolute Gasteiger partial charge is 0.407 e. The molecule has 2 aliphatic rings. The van der Waals surface area contributed by atoms with Gasteiger partial charge in [-0.15, -0.1) is 0 Å². The van der Waals surface area contributed by atoms with E-state index in [0.29, 0.717) is 12.8 Å². The molecule has 2 aromatic carbocycles. The van der Waals surface area contributed by atoms with Crippen molar-refractivity contribution in [3.63, 3.8) is 0 Å². The average Bonchev–Trinajstić information content (AvgIpc) is 3.43. The molecule has 1 atom stereocenters. The van der Waals surface area contributed by atoms with Crippen LogP contribution in [0, 0.1) is 5.92 Å². The number of rotatable bonds is 9. The number of alkyl carbamates (subject to hydrolysis) is 1. The molecule has 0 saturated heterocycles. The lowest BCUT2D eigenvalue weighted by molar-refractivity contribution is -0.138. The maximum atomic E-state index is 12.6. The van der Waals surface area contributed by atoms with E-state index in [1.54, 1.807) is 0 Å². The number of ether oxygens (including phenoxy) is 1. The third kappa shape index (κ3) is 5.18. The second-order valence-electron chi connectivity index (χ2n) is 9.42. The molecule has 1 saturated carbocycles. The summed E-state index contributed by atoms with van der Waals surface area (Å²) >= 11 is 0. The number of carboxylic acid groups (broad SMARTS) is 1. The highest BCUT2D eigenvalue weighted by atomic mass is 16.5. The number of aliphatic carboxylic acids is 1. The number of nitrogens with one attached hydrogen (secondary N) is 2. The van der Waals surface area contributed by atoms with Gasteiger partial charge in [-0.1, -0.05) is 62.4 Å². The fraction of sp³-hybridized carbons (Fsp3) is 0.423. The van der Waals surface area contributed by atoms with Crippen LogP contribution in [0.25, 0.3) is 11.1 Å². The van der Waals surface area contributed by atoms with Crippen LogP contribution >= 0.6 is 0 Å². The summed E-state index contributed by atoms with van der Waals surface area (Å²) in [4.78, 5) is 36.2. The third-order valence-corrected chi connectivity index (χ3v) is 6.60. The summed E-state index contributed by atoms with van der Waals surface area (Å²) in [6, 6.07) is 15.9. The fourth-order valence-corrected chi connectivity index (χ4v) is 4.58. The van der Waals surface area contributed by atoms with Crippen molar-refractivity contribution in [3.05, 3.63) is 59.7 Å². The fourth-order valence-electron chi connectivity index (χ4n) is 4.58. The van der Waals surface area contributed by atoms with Gasteiger partial charge in [-0.05, 0) is 41.0 Å². The Hall–Kier alpha value is -3.35. The van der Waals surface area contributed by atoms with E-state index in [4.69, 9.17) is 9.84 Å². The van der Waals surface area contributed by atoms with Crippen LogP contribution in [0.1, 0.15) is 56.6 Å². The Bertz CT molecular complexity index is 1010. The van der Waals surface area contributed by atoms with E-state index in [1.165, 1.54) is 0 Å². The number of hydrogen-bond donors (Lipinski definition) is 3. The molecule has 4 rings (SSSR count). The maximum absolute atomic E-state index is 12.6. The van der Waals surface area contributed by atoms with Gasteiger partial charge in [0.15, 0.2) is 0 Å². The Kier molecular flexibility index (Phi) is 6.40. The number of amides is 2. The average molecular weight is 451 g/mol. The quantitative estimate of drug-likeness (QED) is 0.534. The van der Waals surface area contributed by atoms with Crippen molar-refractivity contribution >= 4 is 18.0 Å². The van der Waals surface area contributed by atoms with E-state index in [0.717, 1.165) is 22.3 Å². The van der Waals surface area contributed by atoms with Crippen LogP contribution in [-0.4, -0.2) is 41.3 Å². The van der Waals surface area contributed by atoms with E-state index in [9.17, 15) is 14.4 Å². The summed E-state index contributed by atoms with van der Waals surface area (Å²) in [5, 5.41) is 14.7. The van der Waals surface area contributed by atoms with Crippen molar-refractivity contribution in [2.75, 3.05) is 6.61 Å². The van der Waals surface area contributed by atoms with Gasteiger partial charge in [-0.2, -0.15) is 0 Å². The molecule has 0 radical (unpaired) electrons. The van der Waals surface area contributed by atoms with Crippen molar-refractivity contribution < 1.29 is 24.2 Å². The van der Waals surface area contributed by atoms with Gasteiger partial charge < -0.3 is 20.5 Å². The van der Waals surface area contributed by atoms with Gasteiger partial charge in [0.05, 0.1) is 12.0 Å². The Morgan fingerprint density at radius 2 is 1.61 bits per heavy atom. The Morgan fingerprint density at radius 1 is 1.03 bits per heavy atom. The Balaban J connectivity index is 1.34. The molecule has 0 aromatic heterocycles. The Morgan fingerprint density at radius 3 is 2.12 bits per heavy atom. The van der Waals surface area contributed by atoms with Gasteiger partial charge in [-0.3, -0.25) is 9.59 Å². The number of carbonyl (C=O) groups is 3. The van der Waals surface area contributed by atoms with Crippen molar-refractivity contribution in [2.24, 2.45) is 5.92 Å². The first-order valence-corrected chi connectivity index (χ1v) is 11.4. The van der Waals surface area contributed by atoms with Crippen molar-refractivity contribution in [1.82, 2.24) is 10.6 Å². The van der Waals surface area contributed by atoms with Gasteiger partial charge in [0, 0.05) is 18.4 Å². The zero-order chi connectivity index (χ0) is 23.6. The second-order valence-corrected chi connectivity index (χ2v) is 9.42. The number of carboxylic acids is 1. The number of carbonyl (C=O) groups excluding carboxylic acids is 2. The predicted octanol–water partition coefficient (Wildman–Crippen LogP) is 4.06. The van der Waals surface area contributed by atoms with E-state index in [2.05, 4.69) is 34.9 Å². The summed E-state index contributed by atoms with van der Waals surface area (Å²) in [5.41, 5.74) is 3.97. The molecule has 0 unspecified atom stereocenters. The minimum absolute atomic E-state index is 0.00543. The summed E-state index contributed by atoms with van der Waals surface area (Å²) in [6.07, 6.45) is 0.762. The normalized spacial score (nSPS) is 16.5. The lowest BCUT2D eigenvalue weighted by Crippen LogP contribution is -2.45. The number of fused-ring (bicyclic) bond motifs is 3. The molecule has 7 heteroatoms. The molecule has 7 nitrogen and oxygen atoms in total. The first-order chi connectivity index (χ1) is 15.8. The highest BCUT2D eigenvalue weighted by Gasteiger charge is 2.46. The first kappa shape index (κ1) is 22.8. The van der Waals surface area contributed by atoms with Crippen LogP contribution < -0.4 is 10.6 Å². The molecule has 0 heterocycles. The summed E-state index contributed by atoms with van der Waals surface area (Å²) in [7, 11) is 0. The molecule has 33 heavy (non-hydrogen) atoms. The van der Waals surface area contributed by atoms with Crippen LogP contribution in [0.3, 0.4) is 0 Å². The largest absolute Gasteiger partial charge is 0.481 e. The van der Waals surface area contributed by atoms with Crippen molar-refractivity contribution in [1.29, 1.82) is 0 Å². The molecule has 1 fully saturated rings. The van der Waals surface area contributed by atoms with Crippen molar-refractivity contribution in [2.45, 2.75) is 57.0 Å². The van der Waals surface area contributed by atoms with Gasteiger partial charge in [0.2, 0.25) is 5.91 Å². The van der Waals surface area contributed by atoms with Crippen LogP contribution in [-0.2, 0) is 14.3 Å². The van der Waals surface area contributed by atoms with Gasteiger partial charge in [-0.25, -0.2) is 4.79 Å². The number of benzene rings is 2. The SMILES string of the molecule is CC(C)[C@H](CC(=O)NC1(CC(=O)O)CC1)NC(=O)OCC1c2ccccc2-c2ccccc21. The third-order valence-electron chi connectivity index (χ3n) is 6.60. The minimum Gasteiger partial charge on any atom is -0.481 e. The lowest BCUT2D eigenvalue weighted by Gasteiger charge is -2.24. The first-order valence-electron chi connectivity index (χ1n) is 11.4. The standard InChI is InChI=1S/C26H30N2O5/c1-16(2)22(13-23(29)28-26(11-12-26)14-24(30)31)27-25(32)33-15-21-19-9-5-3-7-17(19)18-8-4-6-10-20(18)21/h3-10,16,21-22H,11-15H2,1-2H3,(H,27,32)(H,28,29)(H,30,31)/t22-/m0/s1. The molecule has 2 aliphatic carbocycles. The summed E-state index contributed by atoms with van der Waals surface area (Å²) in [5.74, 6) is -1.21. The lowest BCUT2D eigenvalue weighted by atomic mass is 9.98. The second kappa shape index (κ2) is 9.25. The predicted molar refractivity (Wildman–Crippen MR) is 124 cm³/mol. The molecular formula is C26H30N2O5. The maximum Gasteiger partial charge on any atom is 0.407 e. The van der Waals surface area contributed by atoms with E-state index in [-0.39, 0.29) is 37.2 Å². The zero-order valence-electron chi connectivity index (χ0n) is 19.0. The van der Waals surface area contributed by atoms with E-state index >= 15 is 0 Å². The summed E-state index contributed by atoms with van der Waals surface area (Å²) in [6.45, 7) is 4.05. The molecule has 2 amide bonds.